The van der Waals surface area contributed by atoms with Gasteiger partial charge in [0.05, 0.1) is 18.4 Å². The van der Waals surface area contributed by atoms with E-state index in [1.54, 1.807) is 10.8 Å². The molecular weight excluding hydrogens is 292 g/mol. The third kappa shape index (κ3) is 2.92. The first-order chi connectivity index (χ1) is 11.3. The zero-order valence-electron chi connectivity index (χ0n) is 13.2. The fourth-order valence-corrected chi connectivity index (χ4v) is 2.97. The fraction of sp³-hybridized carbons (Fsp3) is 0.438. The van der Waals surface area contributed by atoms with Crippen LogP contribution in [0.15, 0.2) is 35.1 Å². The Morgan fingerprint density at radius 3 is 2.74 bits per heavy atom. The third-order valence-corrected chi connectivity index (χ3v) is 4.33. The van der Waals surface area contributed by atoms with Gasteiger partial charge < -0.3 is 9.32 Å². The van der Waals surface area contributed by atoms with Gasteiger partial charge in [-0.15, -0.1) is 10.2 Å². The van der Waals surface area contributed by atoms with Crippen LogP contribution in [0.3, 0.4) is 0 Å². The van der Waals surface area contributed by atoms with Crippen molar-refractivity contribution >= 4 is 11.3 Å². The van der Waals surface area contributed by atoms with E-state index < -0.39 is 0 Å². The molecule has 0 aromatic carbocycles. The molecule has 120 valence electrons. The molecule has 1 saturated heterocycles. The minimum Gasteiger partial charge on any atom is -0.465 e. The van der Waals surface area contributed by atoms with Gasteiger partial charge in [0.25, 0.3) is 0 Å². The number of piperazine rings is 1. The van der Waals surface area contributed by atoms with Gasteiger partial charge >= 0.3 is 0 Å². The standard InChI is InChI=1S/C16H20N6O/c1-2-14-3-4-15(23-14)11-20-5-7-21(8-6-20)13-9-16-19-17-12-22(16)18-10-13/h3-4,9-10,12H,2,5-8,11H2,1H3. The normalized spacial score (nSPS) is 16.3. The zero-order valence-corrected chi connectivity index (χ0v) is 13.2. The van der Waals surface area contributed by atoms with Crippen molar-refractivity contribution in [2.75, 3.05) is 31.1 Å². The number of hydrogen-bond acceptors (Lipinski definition) is 6. The SMILES string of the molecule is CCc1ccc(CN2CCN(c3cnn4cnnc4c3)CC2)o1. The summed E-state index contributed by atoms with van der Waals surface area (Å²) in [5.74, 6) is 2.12. The van der Waals surface area contributed by atoms with Crippen LogP contribution in [0, 0.1) is 0 Å². The Morgan fingerprint density at radius 1 is 1.13 bits per heavy atom. The van der Waals surface area contributed by atoms with E-state index in [1.165, 1.54) is 0 Å². The second-order valence-corrected chi connectivity index (χ2v) is 5.83. The van der Waals surface area contributed by atoms with Gasteiger partial charge in [-0.25, -0.2) is 4.52 Å². The predicted molar refractivity (Wildman–Crippen MR) is 86.4 cm³/mol. The fourth-order valence-electron chi connectivity index (χ4n) is 2.97. The first kappa shape index (κ1) is 14.2. The summed E-state index contributed by atoms with van der Waals surface area (Å²) in [6, 6.07) is 6.20. The molecule has 0 N–H and O–H groups in total. The molecule has 0 unspecified atom stereocenters. The summed E-state index contributed by atoms with van der Waals surface area (Å²) in [6.07, 6.45) is 4.45. The molecule has 1 fully saturated rings. The minimum atomic E-state index is 0.785. The highest BCUT2D eigenvalue weighted by Crippen LogP contribution is 2.18. The van der Waals surface area contributed by atoms with Gasteiger partial charge in [-0.3, -0.25) is 4.90 Å². The van der Waals surface area contributed by atoms with Crippen molar-refractivity contribution < 1.29 is 4.42 Å². The highest BCUT2D eigenvalue weighted by Gasteiger charge is 2.19. The summed E-state index contributed by atoms with van der Waals surface area (Å²) in [5.41, 5.74) is 1.89. The van der Waals surface area contributed by atoms with Crippen LogP contribution in [0.1, 0.15) is 18.4 Å². The molecule has 4 heterocycles. The van der Waals surface area contributed by atoms with Crippen LogP contribution in [-0.2, 0) is 13.0 Å². The molecule has 0 bridgehead atoms. The van der Waals surface area contributed by atoms with E-state index in [0.29, 0.717) is 0 Å². The van der Waals surface area contributed by atoms with Crippen molar-refractivity contribution in [3.8, 4) is 0 Å². The maximum atomic E-state index is 5.80. The number of aryl methyl sites for hydroxylation is 1. The summed E-state index contributed by atoms with van der Waals surface area (Å²) in [4.78, 5) is 4.77. The quantitative estimate of drug-likeness (QED) is 0.729. The van der Waals surface area contributed by atoms with E-state index in [1.807, 2.05) is 12.3 Å². The van der Waals surface area contributed by atoms with E-state index >= 15 is 0 Å². The minimum absolute atomic E-state index is 0.785. The molecule has 0 radical (unpaired) electrons. The second-order valence-electron chi connectivity index (χ2n) is 5.83. The van der Waals surface area contributed by atoms with Crippen molar-refractivity contribution in [1.29, 1.82) is 0 Å². The van der Waals surface area contributed by atoms with E-state index in [-0.39, 0.29) is 0 Å². The predicted octanol–water partition coefficient (Wildman–Crippen LogP) is 1.60. The van der Waals surface area contributed by atoms with Gasteiger partial charge in [0.2, 0.25) is 0 Å². The van der Waals surface area contributed by atoms with Crippen molar-refractivity contribution in [2.24, 2.45) is 0 Å². The molecule has 1 aliphatic heterocycles. The summed E-state index contributed by atoms with van der Waals surface area (Å²) in [5, 5.41) is 12.3. The molecule has 3 aromatic rings. The molecule has 0 aliphatic carbocycles. The van der Waals surface area contributed by atoms with Crippen molar-refractivity contribution in [1.82, 2.24) is 24.7 Å². The molecule has 7 heteroatoms. The van der Waals surface area contributed by atoms with Gasteiger partial charge in [0, 0.05) is 38.7 Å². The van der Waals surface area contributed by atoms with Crippen molar-refractivity contribution in [3.05, 3.63) is 42.2 Å². The van der Waals surface area contributed by atoms with Gasteiger partial charge in [-0.05, 0) is 12.1 Å². The smallest absolute Gasteiger partial charge is 0.179 e. The number of hydrogen-bond donors (Lipinski definition) is 0. The highest BCUT2D eigenvalue weighted by molar-refractivity contribution is 5.53. The topological polar surface area (TPSA) is 62.7 Å². The molecule has 4 rings (SSSR count). The molecule has 0 atom stereocenters. The molecule has 0 amide bonds. The monoisotopic (exact) mass is 312 g/mol. The number of rotatable bonds is 4. The highest BCUT2D eigenvalue weighted by atomic mass is 16.3. The van der Waals surface area contributed by atoms with Gasteiger partial charge in [-0.2, -0.15) is 5.10 Å². The van der Waals surface area contributed by atoms with Crippen LogP contribution in [0.25, 0.3) is 5.65 Å². The molecule has 7 nitrogen and oxygen atoms in total. The van der Waals surface area contributed by atoms with E-state index in [0.717, 1.165) is 62.0 Å². The lowest BCUT2D eigenvalue weighted by Crippen LogP contribution is -2.46. The first-order valence-electron chi connectivity index (χ1n) is 8.03. The number of fused-ring (bicyclic) bond motifs is 1. The summed E-state index contributed by atoms with van der Waals surface area (Å²) < 4.78 is 7.49. The molecule has 0 spiro atoms. The third-order valence-electron chi connectivity index (χ3n) is 4.33. The maximum Gasteiger partial charge on any atom is 0.179 e. The molecule has 3 aromatic heterocycles. The molecular formula is C16H20N6O. The average Bonchev–Trinajstić information content (AvgIpc) is 3.23. The number of nitrogens with zero attached hydrogens (tertiary/aromatic N) is 6. The van der Waals surface area contributed by atoms with Gasteiger partial charge in [-0.1, -0.05) is 6.92 Å². The van der Waals surface area contributed by atoms with Crippen LogP contribution in [0.5, 0.6) is 0 Å². The van der Waals surface area contributed by atoms with Crippen LogP contribution < -0.4 is 4.90 Å². The lowest BCUT2D eigenvalue weighted by Gasteiger charge is -2.35. The van der Waals surface area contributed by atoms with Crippen LogP contribution >= 0.6 is 0 Å². The largest absolute Gasteiger partial charge is 0.465 e. The number of anilines is 1. The zero-order chi connectivity index (χ0) is 15.6. The van der Waals surface area contributed by atoms with E-state index in [2.05, 4.69) is 44.2 Å². The van der Waals surface area contributed by atoms with Gasteiger partial charge in [0.15, 0.2) is 5.65 Å². The number of furan rings is 1. The number of aromatic nitrogens is 4. The average molecular weight is 312 g/mol. The van der Waals surface area contributed by atoms with Crippen molar-refractivity contribution in [3.63, 3.8) is 0 Å². The van der Waals surface area contributed by atoms with E-state index in [4.69, 9.17) is 4.42 Å². The van der Waals surface area contributed by atoms with Crippen LogP contribution in [0.2, 0.25) is 0 Å². The summed E-state index contributed by atoms with van der Waals surface area (Å²) in [7, 11) is 0. The Balaban J connectivity index is 1.38. The Morgan fingerprint density at radius 2 is 1.96 bits per heavy atom. The van der Waals surface area contributed by atoms with Crippen molar-refractivity contribution in [2.45, 2.75) is 19.9 Å². The van der Waals surface area contributed by atoms with Crippen LogP contribution in [0.4, 0.5) is 5.69 Å². The maximum absolute atomic E-state index is 5.80. The second kappa shape index (κ2) is 6.00. The van der Waals surface area contributed by atoms with E-state index in [9.17, 15) is 0 Å². The van der Waals surface area contributed by atoms with Crippen LogP contribution in [-0.4, -0.2) is 50.9 Å². The Bertz CT molecular complexity index is 787. The molecule has 1 aliphatic rings. The molecule has 0 saturated carbocycles. The molecule has 23 heavy (non-hydrogen) atoms. The lowest BCUT2D eigenvalue weighted by molar-refractivity contribution is 0.228. The Kier molecular flexibility index (Phi) is 3.70. The Hall–Kier alpha value is -2.41. The Labute approximate surface area is 134 Å². The summed E-state index contributed by atoms with van der Waals surface area (Å²) in [6.45, 7) is 6.98. The summed E-state index contributed by atoms with van der Waals surface area (Å²) >= 11 is 0. The lowest BCUT2D eigenvalue weighted by atomic mass is 10.2. The first-order valence-corrected chi connectivity index (χ1v) is 8.03. The van der Waals surface area contributed by atoms with Gasteiger partial charge in [0.1, 0.15) is 17.8 Å².